The van der Waals surface area contributed by atoms with Gasteiger partial charge in [0, 0.05) is 43.8 Å². The SMILES string of the molecule is CC(C)N1CCC(CN)(N(C)CC2CCCN2C)CC1. The quantitative estimate of drug-likeness (QED) is 0.822. The summed E-state index contributed by atoms with van der Waals surface area (Å²) >= 11 is 0. The Bertz CT molecular complexity index is 297. The lowest BCUT2D eigenvalue weighted by Crippen LogP contribution is -2.60. The second-order valence-corrected chi connectivity index (χ2v) is 7.22. The fourth-order valence-corrected chi connectivity index (χ4v) is 3.92. The maximum Gasteiger partial charge on any atom is 0.0353 e. The first-order chi connectivity index (χ1) is 9.48. The highest BCUT2D eigenvalue weighted by Gasteiger charge is 2.38. The molecule has 0 radical (unpaired) electrons. The lowest BCUT2D eigenvalue weighted by molar-refractivity contribution is 0.0231. The first kappa shape index (κ1) is 16.2. The van der Waals surface area contributed by atoms with Crippen molar-refractivity contribution >= 4 is 0 Å². The van der Waals surface area contributed by atoms with Gasteiger partial charge in [-0.1, -0.05) is 0 Å². The van der Waals surface area contributed by atoms with Crippen LogP contribution in [0.5, 0.6) is 0 Å². The molecule has 0 aromatic rings. The monoisotopic (exact) mass is 282 g/mol. The zero-order valence-corrected chi connectivity index (χ0v) is 13.9. The minimum atomic E-state index is 0.231. The first-order valence-corrected chi connectivity index (χ1v) is 8.34. The largest absolute Gasteiger partial charge is 0.329 e. The van der Waals surface area contributed by atoms with Gasteiger partial charge in [-0.3, -0.25) is 4.90 Å². The smallest absolute Gasteiger partial charge is 0.0353 e. The molecule has 2 heterocycles. The van der Waals surface area contributed by atoms with E-state index in [0.717, 1.165) is 12.6 Å². The minimum absolute atomic E-state index is 0.231. The van der Waals surface area contributed by atoms with Gasteiger partial charge >= 0.3 is 0 Å². The molecule has 1 unspecified atom stereocenters. The second kappa shape index (κ2) is 6.73. The summed E-state index contributed by atoms with van der Waals surface area (Å²) < 4.78 is 0. The predicted molar refractivity (Wildman–Crippen MR) is 86.0 cm³/mol. The molecule has 2 fully saturated rings. The maximum absolute atomic E-state index is 6.20. The van der Waals surface area contributed by atoms with Gasteiger partial charge in [-0.15, -0.1) is 0 Å². The summed E-state index contributed by atoms with van der Waals surface area (Å²) in [6.07, 6.45) is 5.13. The molecule has 0 amide bonds. The van der Waals surface area contributed by atoms with Crippen LogP contribution in [0.15, 0.2) is 0 Å². The van der Waals surface area contributed by atoms with E-state index in [-0.39, 0.29) is 5.54 Å². The summed E-state index contributed by atoms with van der Waals surface area (Å²) in [5.74, 6) is 0. The van der Waals surface area contributed by atoms with Gasteiger partial charge in [-0.2, -0.15) is 0 Å². The van der Waals surface area contributed by atoms with E-state index in [4.69, 9.17) is 5.73 Å². The van der Waals surface area contributed by atoms with Crippen LogP contribution in [0.4, 0.5) is 0 Å². The molecule has 4 heteroatoms. The number of piperidine rings is 1. The van der Waals surface area contributed by atoms with Gasteiger partial charge in [0.1, 0.15) is 0 Å². The number of nitrogens with two attached hydrogens (primary N) is 1. The summed E-state index contributed by atoms with van der Waals surface area (Å²) in [7, 11) is 4.56. The lowest BCUT2D eigenvalue weighted by Gasteiger charge is -2.49. The average Bonchev–Trinajstić information content (AvgIpc) is 2.84. The molecule has 0 aromatic heterocycles. The van der Waals surface area contributed by atoms with Crippen LogP contribution in [0.1, 0.15) is 39.5 Å². The highest BCUT2D eigenvalue weighted by Crippen LogP contribution is 2.29. The van der Waals surface area contributed by atoms with E-state index in [1.54, 1.807) is 0 Å². The molecular formula is C16H34N4. The van der Waals surface area contributed by atoms with E-state index in [0.29, 0.717) is 6.04 Å². The van der Waals surface area contributed by atoms with Crippen molar-refractivity contribution < 1.29 is 0 Å². The Balaban J connectivity index is 1.93. The Kier molecular flexibility index (Phi) is 5.46. The predicted octanol–water partition coefficient (Wildman–Crippen LogP) is 1.21. The molecule has 0 aliphatic carbocycles. The summed E-state index contributed by atoms with van der Waals surface area (Å²) in [5, 5.41) is 0. The Hall–Kier alpha value is -0.160. The Morgan fingerprint density at radius 1 is 1.25 bits per heavy atom. The van der Waals surface area contributed by atoms with Gasteiger partial charge in [0.2, 0.25) is 0 Å². The third kappa shape index (κ3) is 3.35. The van der Waals surface area contributed by atoms with Gasteiger partial charge in [-0.25, -0.2) is 0 Å². The minimum Gasteiger partial charge on any atom is -0.329 e. The topological polar surface area (TPSA) is 35.7 Å². The van der Waals surface area contributed by atoms with Crippen LogP contribution in [0, 0.1) is 0 Å². The third-order valence-corrected chi connectivity index (χ3v) is 5.80. The van der Waals surface area contributed by atoms with Crippen molar-refractivity contribution in [2.75, 3.05) is 46.8 Å². The average molecular weight is 282 g/mol. The third-order valence-electron chi connectivity index (χ3n) is 5.80. The van der Waals surface area contributed by atoms with Crippen LogP contribution in [0.3, 0.4) is 0 Å². The fourth-order valence-electron chi connectivity index (χ4n) is 3.92. The van der Waals surface area contributed by atoms with Crippen molar-refractivity contribution in [3.8, 4) is 0 Å². The molecule has 2 aliphatic rings. The molecule has 118 valence electrons. The molecular weight excluding hydrogens is 248 g/mol. The summed E-state index contributed by atoms with van der Waals surface area (Å²) in [6.45, 7) is 10.2. The maximum atomic E-state index is 6.20. The van der Waals surface area contributed by atoms with Gasteiger partial charge in [0.15, 0.2) is 0 Å². The van der Waals surface area contributed by atoms with E-state index in [9.17, 15) is 0 Å². The van der Waals surface area contributed by atoms with Crippen molar-refractivity contribution in [1.82, 2.24) is 14.7 Å². The van der Waals surface area contributed by atoms with Crippen LogP contribution >= 0.6 is 0 Å². The van der Waals surface area contributed by atoms with Crippen molar-refractivity contribution in [2.45, 2.75) is 57.2 Å². The number of likely N-dealkylation sites (N-methyl/N-ethyl adjacent to an activating group) is 2. The molecule has 20 heavy (non-hydrogen) atoms. The normalized spacial score (nSPS) is 28.6. The molecule has 2 saturated heterocycles. The second-order valence-electron chi connectivity index (χ2n) is 7.22. The van der Waals surface area contributed by atoms with Crippen LogP contribution in [-0.4, -0.2) is 79.1 Å². The highest BCUT2D eigenvalue weighted by molar-refractivity contribution is 4.97. The summed E-state index contributed by atoms with van der Waals surface area (Å²) in [5.41, 5.74) is 6.43. The number of likely N-dealkylation sites (tertiary alicyclic amines) is 2. The zero-order chi connectivity index (χ0) is 14.8. The fraction of sp³-hybridized carbons (Fsp3) is 1.00. The Morgan fingerprint density at radius 3 is 2.35 bits per heavy atom. The van der Waals surface area contributed by atoms with Crippen molar-refractivity contribution in [3.63, 3.8) is 0 Å². The zero-order valence-electron chi connectivity index (χ0n) is 13.9. The van der Waals surface area contributed by atoms with E-state index in [1.165, 1.54) is 51.9 Å². The molecule has 2 aliphatic heterocycles. The van der Waals surface area contributed by atoms with E-state index < -0.39 is 0 Å². The van der Waals surface area contributed by atoms with E-state index in [2.05, 4.69) is 42.6 Å². The molecule has 4 nitrogen and oxygen atoms in total. The summed E-state index contributed by atoms with van der Waals surface area (Å²) in [4.78, 5) is 7.69. The number of hydrogen-bond donors (Lipinski definition) is 1. The molecule has 2 N–H and O–H groups in total. The molecule has 0 aromatic carbocycles. The van der Waals surface area contributed by atoms with Crippen LogP contribution in [0.2, 0.25) is 0 Å². The Morgan fingerprint density at radius 2 is 1.90 bits per heavy atom. The van der Waals surface area contributed by atoms with Gasteiger partial charge in [0.25, 0.3) is 0 Å². The van der Waals surface area contributed by atoms with Gasteiger partial charge in [-0.05, 0) is 60.2 Å². The van der Waals surface area contributed by atoms with Crippen LogP contribution in [-0.2, 0) is 0 Å². The standard InChI is InChI=1S/C16H34N4/c1-14(2)20-10-7-16(13-17,8-11-20)19(4)12-15-6-5-9-18(15)3/h14-15H,5-13,17H2,1-4H3. The van der Waals surface area contributed by atoms with Crippen LogP contribution in [0.25, 0.3) is 0 Å². The molecule has 2 rings (SSSR count). The van der Waals surface area contributed by atoms with E-state index in [1.807, 2.05) is 0 Å². The van der Waals surface area contributed by atoms with Gasteiger partial charge < -0.3 is 15.5 Å². The number of hydrogen-bond acceptors (Lipinski definition) is 4. The van der Waals surface area contributed by atoms with Crippen molar-refractivity contribution in [3.05, 3.63) is 0 Å². The lowest BCUT2D eigenvalue weighted by atomic mass is 9.85. The van der Waals surface area contributed by atoms with Gasteiger partial charge in [0.05, 0.1) is 0 Å². The van der Waals surface area contributed by atoms with E-state index >= 15 is 0 Å². The molecule has 0 spiro atoms. The Labute approximate surface area is 125 Å². The van der Waals surface area contributed by atoms with Crippen molar-refractivity contribution in [2.24, 2.45) is 5.73 Å². The molecule has 0 saturated carbocycles. The number of rotatable bonds is 5. The molecule has 0 bridgehead atoms. The number of nitrogens with zero attached hydrogens (tertiary/aromatic N) is 3. The first-order valence-electron chi connectivity index (χ1n) is 8.34. The highest BCUT2D eigenvalue weighted by atomic mass is 15.3. The van der Waals surface area contributed by atoms with Crippen LogP contribution < -0.4 is 5.73 Å². The summed E-state index contributed by atoms with van der Waals surface area (Å²) in [6, 6.07) is 1.39. The molecule has 1 atom stereocenters. The van der Waals surface area contributed by atoms with Crippen molar-refractivity contribution in [1.29, 1.82) is 0 Å².